The molecule has 9 nitrogen and oxygen atoms in total. The Balaban J connectivity index is 1.89. The van der Waals surface area contributed by atoms with Crippen LogP contribution in [0.4, 0.5) is 5.69 Å². The second kappa shape index (κ2) is 7.23. The van der Waals surface area contributed by atoms with Gasteiger partial charge in [0.15, 0.2) is 0 Å². The quantitative estimate of drug-likeness (QED) is 0.602. The van der Waals surface area contributed by atoms with Gasteiger partial charge in [0, 0.05) is 30.3 Å². The summed E-state index contributed by atoms with van der Waals surface area (Å²) in [6.45, 7) is 1.79. The van der Waals surface area contributed by atoms with Crippen molar-refractivity contribution in [3.63, 3.8) is 0 Å². The number of aromatic nitrogens is 2. The highest BCUT2D eigenvalue weighted by atomic mass is 79.9. The second-order valence-corrected chi connectivity index (χ2v) is 9.11. The van der Waals surface area contributed by atoms with Crippen LogP contribution in [0.3, 0.4) is 0 Å². The summed E-state index contributed by atoms with van der Waals surface area (Å²) in [6, 6.07) is 3.09. The molecule has 0 aliphatic carbocycles. The third kappa shape index (κ3) is 4.00. The first-order chi connectivity index (χ1) is 12.6. The topological polar surface area (TPSA) is 117 Å². The Labute approximate surface area is 165 Å². The molecule has 3 rings (SSSR count). The molecule has 1 aromatic carbocycles. The van der Waals surface area contributed by atoms with Crippen molar-refractivity contribution < 1.29 is 18.3 Å². The third-order valence-corrected chi connectivity index (χ3v) is 6.60. The van der Waals surface area contributed by atoms with Crippen molar-refractivity contribution in [2.45, 2.75) is 25.4 Å². The zero-order valence-electron chi connectivity index (χ0n) is 15.0. The summed E-state index contributed by atoms with van der Waals surface area (Å²) in [5, 5.41) is 16.8. The van der Waals surface area contributed by atoms with Gasteiger partial charge in [-0.3, -0.25) is 9.48 Å². The van der Waals surface area contributed by atoms with Crippen molar-refractivity contribution in [2.75, 3.05) is 12.4 Å². The molecule has 1 aliphatic heterocycles. The molecule has 0 radical (unpaired) electrons. The average molecular weight is 458 g/mol. The Kier molecular flexibility index (Phi) is 5.30. The fourth-order valence-corrected chi connectivity index (χ4v) is 4.72. The first kappa shape index (κ1) is 19.8. The SMILES string of the molecule is Cc1nn(C)cc1[C@@H]1C[C@@H](C(=O)Nc2cc(Br)ccc2O)N(C)S(=O)(=O)N1. The fourth-order valence-electron chi connectivity index (χ4n) is 3.10. The molecule has 1 fully saturated rings. The normalized spacial score (nSPS) is 22.5. The molecule has 1 aliphatic rings. The third-order valence-electron chi connectivity index (χ3n) is 4.51. The number of hydrogen-bond acceptors (Lipinski definition) is 5. The monoisotopic (exact) mass is 457 g/mol. The second-order valence-electron chi connectivity index (χ2n) is 6.44. The van der Waals surface area contributed by atoms with Crippen LogP contribution in [-0.2, 0) is 22.1 Å². The molecule has 1 aromatic heterocycles. The molecule has 27 heavy (non-hydrogen) atoms. The van der Waals surface area contributed by atoms with Crippen molar-refractivity contribution in [2.24, 2.45) is 7.05 Å². The molecule has 3 N–H and O–H groups in total. The minimum Gasteiger partial charge on any atom is -0.506 e. The van der Waals surface area contributed by atoms with Crippen molar-refractivity contribution in [3.05, 3.63) is 40.1 Å². The molecule has 0 spiro atoms. The lowest BCUT2D eigenvalue weighted by molar-refractivity contribution is -0.120. The number of aryl methyl sites for hydroxylation is 2. The molecule has 2 heterocycles. The highest BCUT2D eigenvalue weighted by Crippen LogP contribution is 2.31. The number of benzene rings is 1. The van der Waals surface area contributed by atoms with Crippen LogP contribution in [0.15, 0.2) is 28.9 Å². The van der Waals surface area contributed by atoms with Crippen LogP contribution in [0.5, 0.6) is 5.75 Å². The lowest BCUT2D eigenvalue weighted by atomic mass is 10.00. The molecule has 0 unspecified atom stereocenters. The number of nitrogens with zero attached hydrogens (tertiary/aromatic N) is 3. The summed E-state index contributed by atoms with van der Waals surface area (Å²) in [6.07, 6.45) is 1.96. The van der Waals surface area contributed by atoms with Crippen LogP contribution in [0.25, 0.3) is 0 Å². The number of hydrogen-bond donors (Lipinski definition) is 3. The maximum atomic E-state index is 12.8. The van der Waals surface area contributed by atoms with Crippen molar-refractivity contribution in [1.29, 1.82) is 0 Å². The minimum atomic E-state index is -3.86. The van der Waals surface area contributed by atoms with Crippen LogP contribution in [0.1, 0.15) is 23.7 Å². The summed E-state index contributed by atoms with van der Waals surface area (Å²) >= 11 is 3.27. The lowest BCUT2D eigenvalue weighted by Gasteiger charge is -2.36. The lowest BCUT2D eigenvalue weighted by Crippen LogP contribution is -2.56. The number of halogens is 1. The molecule has 1 amide bonds. The number of nitrogens with one attached hydrogen (secondary N) is 2. The van der Waals surface area contributed by atoms with E-state index in [2.05, 4.69) is 31.1 Å². The van der Waals surface area contributed by atoms with Crippen LogP contribution < -0.4 is 10.0 Å². The van der Waals surface area contributed by atoms with Gasteiger partial charge in [-0.25, -0.2) is 0 Å². The molecular weight excluding hydrogens is 438 g/mol. The predicted molar refractivity (Wildman–Crippen MR) is 103 cm³/mol. The highest BCUT2D eigenvalue weighted by Gasteiger charge is 2.41. The van der Waals surface area contributed by atoms with Gasteiger partial charge < -0.3 is 10.4 Å². The Morgan fingerprint density at radius 2 is 2.11 bits per heavy atom. The molecule has 0 bridgehead atoms. The van der Waals surface area contributed by atoms with E-state index in [0.29, 0.717) is 10.2 Å². The van der Waals surface area contributed by atoms with Gasteiger partial charge in [-0.1, -0.05) is 15.9 Å². The number of amides is 1. The molecule has 2 atom stereocenters. The highest BCUT2D eigenvalue weighted by molar-refractivity contribution is 9.10. The van der Waals surface area contributed by atoms with Gasteiger partial charge in [-0.15, -0.1) is 0 Å². The summed E-state index contributed by atoms with van der Waals surface area (Å²) in [7, 11) is -0.760. The number of rotatable bonds is 3. The maximum absolute atomic E-state index is 12.8. The summed E-state index contributed by atoms with van der Waals surface area (Å²) < 4.78 is 30.9. The smallest absolute Gasteiger partial charge is 0.280 e. The van der Waals surface area contributed by atoms with Gasteiger partial charge in [0.1, 0.15) is 11.8 Å². The molecule has 11 heteroatoms. The average Bonchev–Trinajstić information content (AvgIpc) is 2.91. The molecular formula is C16H20BrN5O4S. The van der Waals surface area contributed by atoms with E-state index in [1.165, 1.54) is 13.1 Å². The zero-order valence-corrected chi connectivity index (χ0v) is 17.4. The molecule has 146 valence electrons. The zero-order chi connectivity index (χ0) is 19.9. The van der Waals surface area contributed by atoms with E-state index in [1.807, 2.05) is 0 Å². The van der Waals surface area contributed by atoms with Crippen LogP contribution >= 0.6 is 15.9 Å². The van der Waals surface area contributed by atoms with Crippen LogP contribution in [0, 0.1) is 6.92 Å². The minimum absolute atomic E-state index is 0.106. The van der Waals surface area contributed by atoms with E-state index < -0.39 is 28.2 Å². The van der Waals surface area contributed by atoms with Gasteiger partial charge in [0.05, 0.1) is 17.4 Å². The number of anilines is 1. The summed E-state index contributed by atoms with van der Waals surface area (Å²) in [5.41, 5.74) is 1.61. The standard InChI is InChI=1S/C16H20BrN5O4S/c1-9-11(8-21(2)19-9)12-7-14(22(3)27(25,26)20-12)16(24)18-13-6-10(17)4-5-15(13)23/h4-6,8,12,14,20,23H,7H2,1-3H3,(H,18,24)/t12-,14-/m0/s1. The largest absolute Gasteiger partial charge is 0.506 e. The Morgan fingerprint density at radius 1 is 1.41 bits per heavy atom. The van der Waals surface area contributed by atoms with Gasteiger partial charge in [0.25, 0.3) is 10.2 Å². The van der Waals surface area contributed by atoms with E-state index in [-0.39, 0.29) is 17.9 Å². The molecule has 1 saturated heterocycles. The van der Waals surface area contributed by atoms with Gasteiger partial charge in [-0.2, -0.15) is 22.5 Å². The summed E-state index contributed by atoms with van der Waals surface area (Å²) in [5.74, 6) is -0.631. The van der Waals surface area contributed by atoms with Gasteiger partial charge in [-0.05, 0) is 31.5 Å². The number of phenolic OH excluding ortho intramolecular Hbond substituents is 1. The predicted octanol–water partition coefficient (Wildman–Crippen LogP) is 1.41. The Hall–Kier alpha value is -1.95. The first-order valence-electron chi connectivity index (χ1n) is 8.13. The van der Waals surface area contributed by atoms with Crippen molar-refractivity contribution >= 4 is 37.7 Å². The van der Waals surface area contributed by atoms with E-state index in [0.717, 1.165) is 9.87 Å². The van der Waals surface area contributed by atoms with Crippen LogP contribution in [0.2, 0.25) is 0 Å². The van der Waals surface area contributed by atoms with Gasteiger partial charge >= 0.3 is 0 Å². The van der Waals surface area contributed by atoms with E-state index in [4.69, 9.17) is 0 Å². The molecule has 0 saturated carbocycles. The fraction of sp³-hybridized carbons (Fsp3) is 0.375. The van der Waals surface area contributed by atoms with Gasteiger partial charge in [0.2, 0.25) is 5.91 Å². The van der Waals surface area contributed by atoms with Crippen molar-refractivity contribution in [1.82, 2.24) is 18.8 Å². The number of aromatic hydroxyl groups is 1. The van der Waals surface area contributed by atoms with Crippen LogP contribution in [-0.4, -0.2) is 46.6 Å². The van der Waals surface area contributed by atoms with E-state index in [9.17, 15) is 18.3 Å². The summed E-state index contributed by atoms with van der Waals surface area (Å²) in [4.78, 5) is 12.8. The first-order valence-corrected chi connectivity index (χ1v) is 10.4. The number of phenols is 1. The van der Waals surface area contributed by atoms with E-state index >= 15 is 0 Å². The van der Waals surface area contributed by atoms with E-state index in [1.54, 1.807) is 37.0 Å². The Bertz CT molecular complexity index is 991. The number of likely N-dealkylation sites (N-methyl/N-ethyl adjacent to an activating group) is 1. The molecule has 2 aromatic rings. The number of carbonyl (C=O) groups is 1. The Morgan fingerprint density at radius 3 is 2.74 bits per heavy atom. The maximum Gasteiger partial charge on any atom is 0.280 e. The van der Waals surface area contributed by atoms with Crippen molar-refractivity contribution in [3.8, 4) is 5.75 Å². The number of carbonyl (C=O) groups excluding carboxylic acids is 1.